The topological polar surface area (TPSA) is 59.8 Å². The Morgan fingerprint density at radius 2 is 2.04 bits per heavy atom. The molecule has 1 N–H and O–H groups in total. The summed E-state index contributed by atoms with van der Waals surface area (Å²) in [6, 6.07) is 13.4. The van der Waals surface area contributed by atoms with Gasteiger partial charge in [-0.25, -0.2) is 4.98 Å². The number of fused-ring (bicyclic) bond motifs is 1. The lowest BCUT2D eigenvalue weighted by Crippen LogP contribution is -2.16. The average molecular weight is 371 g/mol. The Labute approximate surface area is 154 Å². The van der Waals surface area contributed by atoms with Gasteiger partial charge in [-0.3, -0.25) is 4.79 Å². The van der Waals surface area contributed by atoms with Gasteiger partial charge in [-0.2, -0.15) is 9.78 Å². The summed E-state index contributed by atoms with van der Waals surface area (Å²) in [6.07, 6.45) is 1.71. The molecule has 4 rings (SSSR count). The summed E-state index contributed by atoms with van der Waals surface area (Å²) < 4.78 is 1.71. The Morgan fingerprint density at radius 1 is 1.24 bits per heavy atom. The lowest BCUT2D eigenvalue weighted by molar-refractivity contribution is -0.113. The van der Waals surface area contributed by atoms with E-state index in [1.165, 1.54) is 0 Å². The first-order chi connectivity index (χ1) is 12.1. The van der Waals surface area contributed by atoms with Crippen LogP contribution >= 0.6 is 23.4 Å². The number of carbonyl (C=O) groups excluding carboxylic acids is 1. The highest BCUT2D eigenvalue weighted by molar-refractivity contribution is 8.00. The lowest BCUT2D eigenvalue weighted by Gasteiger charge is -2.15. The van der Waals surface area contributed by atoms with E-state index in [0.717, 1.165) is 16.8 Å². The van der Waals surface area contributed by atoms with Gasteiger partial charge < -0.3 is 5.32 Å². The van der Waals surface area contributed by atoms with E-state index in [9.17, 15) is 4.79 Å². The Morgan fingerprint density at radius 3 is 2.76 bits per heavy atom. The summed E-state index contributed by atoms with van der Waals surface area (Å²) in [5.74, 6) is 1.70. The molecule has 3 heterocycles. The van der Waals surface area contributed by atoms with Crippen LogP contribution in [0, 0.1) is 6.92 Å². The van der Waals surface area contributed by atoms with Gasteiger partial charge in [-0.05, 0) is 36.8 Å². The van der Waals surface area contributed by atoms with Crippen LogP contribution in [0.4, 0.5) is 5.82 Å². The maximum Gasteiger partial charge on any atom is 0.235 e. The van der Waals surface area contributed by atoms with Gasteiger partial charge in [-0.15, -0.1) is 11.8 Å². The second-order valence-corrected chi connectivity index (χ2v) is 7.27. The molecule has 5 nitrogen and oxygen atoms in total. The highest BCUT2D eigenvalue weighted by Gasteiger charge is 2.30. The standard InChI is InChI=1S/C18H15ClN4OS/c1-11-16-17(12-5-7-13(19)8-6-12)25-10-15(24)21-18(16)23(22-11)14-4-2-3-9-20-14/h2-9,17H,10H2,1H3,(H,21,24)/t17-/m0/s1. The number of carbonyl (C=O) groups is 1. The first-order valence-electron chi connectivity index (χ1n) is 7.81. The van der Waals surface area contributed by atoms with Crippen molar-refractivity contribution >= 4 is 35.1 Å². The minimum Gasteiger partial charge on any atom is -0.310 e. The number of pyridine rings is 1. The van der Waals surface area contributed by atoms with Crippen molar-refractivity contribution in [1.82, 2.24) is 14.8 Å². The summed E-state index contributed by atoms with van der Waals surface area (Å²) in [5.41, 5.74) is 2.97. The van der Waals surface area contributed by atoms with Crippen LogP contribution in [0.2, 0.25) is 5.02 Å². The molecule has 7 heteroatoms. The zero-order valence-electron chi connectivity index (χ0n) is 13.4. The molecule has 0 saturated carbocycles. The third-order valence-electron chi connectivity index (χ3n) is 4.05. The largest absolute Gasteiger partial charge is 0.310 e. The Kier molecular flexibility index (Phi) is 4.23. The van der Waals surface area contributed by atoms with E-state index >= 15 is 0 Å². The van der Waals surface area contributed by atoms with Crippen LogP contribution in [0.15, 0.2) is 48.7 Å². The van der Waals surface area contributed by atoms with Crippen molar-refractivity contribution in [2.75, 3.05) is 11.1 Å². The molecule has 0 saturated heterocycles. The van der Waals surface area contributed by atoms with Gasteiger partial charge in [0.25, 0.3) is 0 Å². The van der Waals surface area contributed by atoms with E-state index in [1.54, 1.807) is 22.6 Å². The van der Waals surface area contributed by atoms with Crippen molar-refractivity contribution < 1.29 is 4.79 Å². The number of aromatic nitrogens is 3. The Bertz CT molecular complexity index is 924. The smallest absolute Gasteiger partial charge is 0.235 e. The van der Waals surface area contributed by atoms with Gasteiger partial charge in [-0.1, -0.05) is 29.8 Å². The maximum absolute atomic E-state index is 12.3. The number of halogens is 1. The summed E-state index contributed by atoms with van der Waals surface area (Å²) in [7, 11) is 0. The minimum atomic E-state index is -0.0419. The first kappa shape index (κ1) is 16.2. The van der Waals surface area contributed by atoms with Crippen LogP contribution in [0.1, 0.15) is 22.1 Å². The quantitative estimate of drug-likeness (QED) is 0.740. The predicted octanol–water partition coefficient (Wildman–Crippen LogP) is 4.00. The number of thioether (sulfide) groups is 1. The number of hydrogen-bond donors (Lipinski definition) is 1. The number of nitrogens with zero attached hydrogens (tertiary/aromatic N) is 3. The molecule has 2 aromatic heterocycles. The number of benzene rings is 1. The second kappa shape index (κ2) is 6.54. The fourth-order valence-corrected chi connectivity index (χ4v) is 4.24. The van der Waals surface area contributed by atoms with E-state index < -0.39 is 0 Å². The molecule has 25 heavy (non-hydrogen) atoms. The van der Waals surface area contributed by atoms with Crippen molar-refractivity contribution in [2.45, 2.75) is 12.2 Å². The average Bonchev–Trinajstić information content (AvgIpc) is 2.83. The number of amides is 1. The number of aryl methyl sites for hydroxylation is 1. The molecule has 0 fully saturated rings. The van der Waals surface area contributed by atoms with Gasteiger partial charge in [0.2, 0.25) is 5.91 Å². The monoisotopic (exact) mass is 370 g/mol. The van der Waals surface area contributed by atoms with E-state index in [1.807, 2.05) is 49.4 Å². The van der Waals surface area contributed by atoms with Gasteiger partial charge in [0, 0.05) is 16.8 Å². The van der Waals surface area contributed by atoms with Crippen molar-refractivity contribution in [3.05, 3.63) is 70.5 Å². The van der Waals surface area contributed by atoms with Gasteiger partial charge >= 0.3 is 0 Å². The summed E-state index contributed by atoms with van der Waals surface area (Å²) in [4.78, 5) is 16.6. The van der Waals surface area contributed by atoms with Gasteiger partial charge in [0.05, 0.1) is 16.7 Å². The van der Waals surface area contributed by atoms with E-state index in [-0.39, 0.29) is 11.2 Å². The molecule has 1 amide bonds. The zero-order valence-corrected chi connectivity index (χ0v) is 15.0. The molecule has 126 valence electrons. The second-order valence-electron chi connectivity index (χ2n) is 5.74. The van der Waals surface area contributed by atoms with Crippen LogP contribution < -0.4 is 5.32 Å². The molecule has 0 aliphatic carbocycles. The van der Waals surface area contributed by atoms with E-state index in [4.69, 9.17) is 11.6 Å². The highest BCUT2D eigenvalue weighted by Crippen LogP contribution is 2.43. The summed E-state index contributed by atoms with van der Waals surface area (Å²) in [6.45, 7) is 1.96. The summed E-state index contributed by atoms with van der Waals surface area (Å²) >= 11 is 7.61. The van der Waals surface area contributed by atoms with Crippen molar-refractivity contribution in [2.24, 2.45) is 0 Å². The zero-order chi connectivity index (χ0) is 17.4. The Balaban J connectivity index is 1.88. The van der Waals surface area contributed by atoms with E-state index in [0.29, 0.717) is 22.4 Å². The van der Waals surface area contributed by atoms with Gasteiger partial charge in [0.1, 0.15) is 5.82 Å². The van der Waals surface area contributed by atoms with Crippen LogP contribution in [-0.4, -0.2) is 26.4 Å². The van der Waals surface area contributed by atoms with Crippen LogP contribution in [0.25, 0.3) is 5.82 Å². The summed E-state index contributed by atoms with van der Waals surface area (Å²) in [5, 5.41) is 8.32. The fourth-order valence-electron chi connectivity index (χ4n) is 2.93. The third-order valence-corrected chi connectivity index (χ3v) is 5.57. The number of hydrogen-bond acceptors (Lipinski definition) is 4. The van der Waals surface area contributed by atoms with Crippen molar-refractivity contribution in [3.63, 3.8) is 0 Å². The van der Waals surface area contributed by atoms with E-state index in [2.05, 4.69) is 15.4 Å². The first-order valence-corrected chi connectivity index (χ1v) is 9.24. The molecule has 0 unspecified atom stereocenters. The SMILES string of the molecule is Cc1nn(-c2ccccn2)c2c1[C@H](c1ccc(Cl)cc1)SCC(=O)N2. The Hall–Kier alpha value is -2.31. The molecule has 3 aromatic rings. The van der Waals surface area contributed by atoms with Gasteiger partial charge in [0.15, 0.2) is 5.82 Å². The molecule has 0 radical (unpaired) electrons. The number of rotatable bonds is 2. The number of nitrogens with one attached hydrogen (secondary N) is 1. The maximum atomic E-state index is 12.3. The van der Waals surface area contributed by atoms with Crippen LogP contribution in [0.3, 0.4) is 0 Å². The predicted molar refractivity (Wildman–Crippen MR) is 100 cm³/mol. The molecule has 1 atom stereocenters. The molecular weight excluding hydrogens is 356 g/mol. The molecular formula is C18H15ClN4OS. The van der Waals surface area contributed by atoms with Crippen molar-refractivity contribution in [1.29, 1.82) is 0 Å². The molecule has 0 spiro atoms. The fraction of sp³-hybridized carbons (Fsp3) is 0.167. The minimum absolute atomic E-state index is 0.00341. The molecule has 0 bridgehead atoms. The van der Waals surface area contributed by atoms with Crippen molar-refractivity contribution in [3.8, 4) is 5.82 Å². The normalized spacial score (nSPS) is 16.9. The van der Waals surface area contributed by atoms with Crippen LogP contribution in [0.5, 0.6) is 0 Å². The molecule has 1 aliphatic rings. The molecule has 1 aromatic carbocycles. The van der Waals surface area contributed by atoms with Crippen LogP contribution in [-0.2, 0) is 4.79 Å². The molecule has 1 aliphatic heterocycles. The lowest BCUT2D eigenvalue weighted by atomic mass is 10.0. The number of anilines is 1. The highest BCUT2D eigenvalue weighted by atomic mass is 35.5. The third kappa shape index (κ3) is 3.03.